The number of hydrogen-bond donors (Lipinski definition) is 2. The van der Waals surface area contributed by atoms with Crippen LogP contribution in [-0.4, -0.2) is 43.1 Å². The van der Waals surface area contributed by atoms with Gasteiger partial charge in [-0.25, -0.2) is 0 Å². The van der Waals surface area contributed by atoms with Crippen molar-refractivity contribution >= 4 is 29.9 Å². The third-order valence-corrected chi connectivity index (χ3v) is 5.22. The van der Waals surface area contributed by atoms with Crippen LogP contribution in [0.15, 0.2) is 35.3 Å². The molecule has 1 saturated carbocycles. The van der Waals surface area contributed by atoms with E-state index in [0.29, 0.717) is 12.0 Å². The summed E-state index contributed by atoms with van der Waals surface area (Å²) < 4.78 is 0. The van der Waals surface area contributed by atoms with Gasteiger partial charge < -0.3 is 11.1 Å². The monoisotopic (exact) mass is 428 g/mol. The average molecular weight is 428 g/mol. The Morgan fingerprint density at radius 3 is 2.74 bits per heavy atom. The molecule has 0 bridgehead atoms. The van der Waals surface area contributed by atoms with Crippen molar-refractivity contribution in [3.63, 3.8) is 0 Å². The molecule has 1 unspecified atom stereocenters. The van der Waals surface area contributed by atoms with Crippen molar-refractivity contribution in [1.82, 2.24) is 10.2 Å². The fourth-order valence-electron chi connectivity index (χ4n) is 3.54. The van der Waals surface area contributed by atoms with Crippen molar-refractivity contribution in [2.24, 2.45) is 10.7 Å². The number of likely N-dealkylation sites (tertiary alicyclic amines) is 1. The van der Waals surface area contributed by atoms with Crippen LogP contribution in [0.5, 0.6) is 0 Å². The number of guanidine groups is 1. The van der Waals surface area contributed by atoms with E-state index in [1.54, 1.807) is 0 Å². The fraction of sp³-hybridized carbons (Fsp3) is 0.611. The van der Waals surface area contributed by atoms with Gasteiger partial charge in [0.05, 0.1) is 6.54 Å². The van der Waals surface area contributed by atoms with Crippen LogP contribution in [0.2, 0.25) is 0 Å². The van der Waals surface area contributed by atoms with Gasteiger partial charge in [0.25, 0.3) is 0 Å². The maximum Gasteiger partial charge on any atom is 0.188 e. The second-order valence-corrected chi connectivity index (χ2v) is 6.65. The summed E-state index contributed by atoms with van der Waals surface area (Å²) in [6.07, 6.45) is 5.01. The molecule has 2 aliphatic rings. The maximum atomic E-state index is 6.07. The molecule has 1 aliphatic heterocycles. The van der Waals surface area contributed by atoms with Crippen molar-refractivity contribution in [2.75, 3.05) is 26.2 Å². The molecule has 1 atom stereocenters. The Morgan fingerprint density at radius 1 is 1.35 bits per heavy atom. The summed E-state index contributed by atoms with van der Waals surface area (Å²) in [6, 6.07) is 11.3. The lowest BCUT2D eigenvalue weighted by Crippen LogP contribution is -2.43. The highest BCUT2D eigenvalue weighted by molar-refractivity contribution is 14.0. The van der Waals surface area contributed by atoms with Crippen LogP contribution in [-0.2, 0) is 5.41 Å². The molecule has 0 amide bonds. The maximum absolute atomic E-state index is 6.07. The van der Waals surface area contributed by atoms with E-state index in [-0.39, 0.29) is 29.4 Å². The van der Waals surface area contributed by atoms with E-state index in [4.69, 9.17) is 5.73 Å². The van der Waals surface area contributed by atoms with Crippen molar-refractivity contribution in [3.05, 3.63) is 35.9 Å². The van der Waals surface area contributed by atoms with Gasteiger partial charge >= 0.3 is 0 Å². The quantitative estimate of drug-likeness (QED) is 0.416. The minimum Gasteiger partial charge on any atom is -0.370 e. The lowest BCUT2D eigenvalue weighted by Gasteiger charge is -2.23. The fourth-order valence-corrected chi connectivity index (χ4v) is 3.54. The van der Waals surface area contributed by atoms with E-state index in [0.717, 1.165) is 19.6 Å². The number of benzene rings is 1. The SMILES string of the molecule is CCN1CCCC1CNC(N)=NCC1(c2ccccc2)CC1.I. The van der Waals surface area contributed by atoms with Gasteiger partial charge in [0, 0.05) is 18.0 Å². The topological polar surface area (TPSA) is 53.6 Å². The molecule has 1 aromatic carbocycles. The third kappa shape index (κ3) is 4.59. The van der Waals surface area contributed by atoms with Crippen LogP contribution in [0.25, 0.3) is 0 Å². The number of likely N-dealkylation sites (N-methyl/N-ethyl adjacent to an activating group) is 1. The van der Waals surface area contributed by atoms with Gasteiger partial charge in [-0.05, 0) is 44.3 Å². The van der Waals surface area contributed by atoms with Crippen LogP contribution in [0.3, 0.4) is 0 Å². The predicted octanol–water partition coefficient (Wildman–Crippen LogP) is 2.72. The highest BCUT2D eigenvalue weighted by atomic mass is 127. The molecular formula is C18H29IN4. The van der Waals surface area contributed by atoms with Gasteiger partial charge in [-0.3, -0.25) is 9.89 Å². The molecule has 0 spiro atoms. The third-order valence-electron chi connectivity index (χ3n) is 5.22. The second kappa shape index (κ2) is 8.33. The summed E-state index contributed by atoms with van der Waals surface area (Å²) in [6.45, 7) is 6.30. The molecule has 3 rings (SSSR count). The summed E-state index contributed by atoms with van der Waals surface area (Å²) >= 11 is 0. The van der Waals surface area contributed by atoms with E-state index >= 15 is 0 Å². The Kier molecular flexibility index (Phi) is 6.71. The molecule has 5 heteroatoms. The standard InChI is InChI=1S/C18H28N4.HI/c1-2-22-12-6-9-16(22)13-20-17(19)21-14-18(10-11-18)15-7-4-3-5-8-15;/h3-5,7-8,16H,2,6,9-14H2,1H3,(H3,19,20,21);1H. The van der Waals surface area contributed by atoms with Crippen LogP contribution < -0.4 is 11.1 Å². The highest BCUT2D eigenvalue weighted by Crippen LogP contribution is 2.48. The van der Waals surface area contributed by atoms with Gasteiger partial charge in [-0.15, -0.1) is 24.0 Å². The Hall–Kier alpha value is -0.820. The van der Waals surface area contributed by atoms with E-state index in [2.05, 4.69) is 52.5 Å². The number of halogens is 1. The number of nitrogens with zero attached hydrogens (tertiary/aromatic N) is 2. The first kappa shape index (κ1) is 18.5. The highest BCUT2D eigenvalue weighted by Gasteiger charge is 2.43. The van der Waals surface area contributed by atoms with E-state index in [9.17, 15) is 0 Å². The molecule has 1 aliphatic carbocycles. The average Bonchev–Trinajstić information content (AvgIpc) is 3.22. The first-order chi connectivity index (χ1) is 10.7. The van der Waals surface area contributed by atoms with Crippen molar-refractivity contribution in [2.45, 2.75) is 44.1 Å². The first-order valence-electron chi connectivity index (χ1n) is 8.57. The normalized spacial score (nSPS) is 23.3. The summed E-state index contributed by atoms with van der Waals surface area (Å²) in [4.78, 5) is 7.13. The number of hydrogen-bond acceptors (Lipinski definition) is 2. The molecule has 128 valence electrons. The Labute approximate surface area is 156 Å². The molecule has 3 N–H and O–H groups in total. The molecule has 23 heavy (non-hydrogen) atoms. The Balaban J connectivity index is 0.00000192. The molecule has 1 aromatic rings. The molecule has 2 fully saturated rings. The van der Waals surface area contributed by atoms with Gasteiger partial charge in [0.2, 0.25) is 0 Å². The second-order valence-electron chi connectivity index (χ2n) is 6.65. The molecule has 4 nitrogen and oxygen atoms in total. The van der Waals surface area contributed by atoms with Crippen LogP contribution in [0, 0.1) is 0 Å². The number of nitrogens with two attached hydrogens (primary N) is 1. The largest absolute Gasteiger partial charge is 0.370 e. The van der Waals surface area contributed by atoms with Crippen molar-refractivity contribution in [1.29, 1.82) is 0 Å². The van der Waals surface area contributed by atoms with Crippen molar-refractivity contribution in [3.8, 4) is 0 Å². The van der Waals surface area contributed by atoms with Gasteiger partial charge in [0.1, 0.15) is 0 Å². The van der Waals surface area contributed by atoms with Gasteiger partial charge in [-0.2, -0.15) is 0 Å². The van der Waals surface area contributed by atoms with Crippen LogP contribution in [0.1, 0.15) is 38.2 Å². The molecular weight excluding hydrogens is 399 g/mol. The Bertz CT molecular complexity index is 513. The zero-order valence-electron chi connectivity index (χ0n) is 14.0. The van der Waals surface area contributed by atoms with E-state index in [1.807, 2.05) is 0 Å². The zero-order chi connectivity index (χ0) is 15.4. The van der Waals surface area contributed by atoms with E-state index in [1.165, 1.54) is 37.8 Å². The van der Waals surface area contributed by atoms with Crippen molar-refractivity contribution < 1.29 is 0 Å². The van der Waals surface area contributed by atoms with Crippen LogP contribution in [0.4, 0.5) is 0 Å². The first-order valence-corrected chi connectivity index (χ1v) is 8.57. The summed E-state index contributed by atoms with van der Waals surface area (Å²) in [5, 5.41) is 3.33. The summed E-state index contributed by atoms with van der Waals surface area (Å²) in [7, 11) is 0. The van der Waals surface area contributed by atoms with Gasteiger partial charge in [-0.1, -0.05) is 37.3 Å². The lowest BCUT2D eigenvalue weighted by molar-refractivity contribution is 0.267. The smallest absolute Gasteiger partial charge is 0.188 e. The van der Waals surface area contributed by atoms with E-state index < -0.39 is 0 Å². The summed E-state index contributed by atoms with van der Waals surface area (Å²) in [5.74, 6) is 0.602. The zero-order valence-corrected chi connectivity index (χ0v) is 16.3. The molecule has 0 radical (unpaired) electrons. The minimum atomic E-state index is 0. The molecule has 1 saturated heterocycles. The number of aliphatic imine (C=N–C) groups is 1. The minimum absolute atomic E-state index is 0. The number of nitrogens with one attached hydrogen (secondary N) is 1. The Morgan fingerprint density at radius 2 is 2.09 bits per heavy atom. The molecule has 1 heterocycles. The van der Waals surface area contributed by atoms with Gasteiger partial charge in [0.15, 0.2) is 5.96 Å². The predicted molar refractivity (Wildman–Crippen MR) is 108 cm³/mol. The summed E-state index contributed by atoms with van der Waals surface area (Å²) in [5.41, 5.74) is 7.72. The number of rotatable bonds is 6. The lowest BCUT2D eigenvalue weighted by atomic mass is 9.96. The molecule has 0 aromatic heterocycles. The van der Waals surface area contributed by atoms with Crippen LogP contribution >= 0.6 is 24.0 Å².